The summed E-state index contributed by atoms with van der Waals surface area (Å²) in [6.07, 6.45) is -0.347. The normalized spacial score (nSPS) is 12.9. The highest BCUT2D eigenvalue weighted by Gasteiger charge is 2.23. The average molecular weight is 367 g/mol. The number of benzene rings is 2. The number of hydrogen-bond donors (Lipinski definition) is 2. The monoisotopic (exact) mass is 367 g/mol. The van der Waals surface area contributed by atoms with Gasteiger partial charge in [-0.05, 0) is 29.2 Å². The van der Waals surface area contributed by atoms with E-state index < -0.39 is 24.1 Å². The Balaban J connectivity index is 2.15. The zero-order valence-electron chi connectivity index (χ0n) is 15.9. The average Bonchev–Trinajstić information content (AvgIpc) is 2.65. The van der Waals surface area contributed by atoms with E-state index in [1.165, 1.54) is 0 Å². The van der Waals surface area contributed by atoms with Crippen LogP contribution in [-0.4, -0.2) is 30.7 Å². The quantitative estimate of drug-likeness (QED) is 0.786. The number of nitriles is 1. The van der Waals surface area contributed by atoms with E-state index in [9.17, 15) is 9.59 Å². The predicted octanol–water partition coefficient (Wildman–Crippen LogP) is 3.16. The molecule has 2 atom stereocenters. The molecular weight excluding hydrogens is 342 g/mol. The number of rotatable bonds is 7. The first-order chi connectivity index (χ1) is 12.9. The molecule has 0 saturated carbocycles. The van der Waals surface area contributed by atoms with Crippen LogP contribution in [0.5, 0.6) is 0 Å². The molecule has 0 saturated heterocycles. The molecule has 0 radical (unpaired) electrons. The molecule has 0 spiro atoms. The van der Waals surface area contributed by atoms with Crippen molar-refractivity contribution in [1.29, 1.82) is 5.26 Å². The molecule has 2 aromatic carbocycles. The molecule has 0 aliphatic rings. The van der Waals surface area contributed by atoms with Crippen molar-refractivity contribution < 1.29 is 14.3 Å². The van der Waals surface area contributed by atoms with Crippen molar-refractivity contribution in [2.45, 2.75) is 39.3 Å². The zero-order chi connectivity index (χ0) is 19.8. The van der Waals surface area contributed by atoms with Crippen LogP contribution in [0.25, 0.3) is 10.8 Å². The van der Waals surface area contributed by atoms with Gasteiger partial charge in [0.05, 0.1) is 12.7 Å². The second-order valence-electron chi connectivity index (χ2n) is 6.93. The summed E-state index contributed by atoms with van der Waals surface area (Å²) in [5.74, 6) is -0.221. The lowest BCUT2D eigenvalue weighted by atomic mass is 10.0. The van der Waals surface area contributed by atoms with E-state index in [0.717, 1.165) is 16.3 Å². The van der Waals surface area contributed by atoms with Crippen molar-refractivity contribution >= 4 is 22.8 Å². The molecule has 6 heteroatoms. The standard InChI is InChI=1S/C21H25N3O3/c1-14(2)13-27-21(26)24-19(20(25)23-15(3)12-22)11-16-8-9-17-6-4-5-7-18(17)10-16/h4-10,14-15,19H,11,13H2,1-3H3,(H,23,25)(H,24,26). The molecule has 0 fully saturated rings. The second kappa shape index (κ2) is 9.58. The molecule has 0 aliphatic heterocycles. The maximum Gasteiger partial charge on any atom is 0.407 e. The van der Waals surface area contributed by atoms with E-state index in [1.807, 2.05) is 62.4 Å². The lowest BCUT2D eigenvalue weighted by Gasteiger charge is -2.20. The van der Waals surface area contributed by atoms with E-state index in [-0.39, 0.29) is 12.5 Å². The Kier molecular flexibility index (Phi) is 7.18. The van der Waals surface area contributed by atoms with Crippen molar-refractivity contribution in [3.8, 4) is 6.07 Å². The van der Waals surface area contributed by atoms with Gasteiger partial charge in [-0.15, -0.1) is 0 Å². The fraction of sp³-hybridized carbons (Fsp3) is 0.381. The number of alkyl carbamates (subject to hydrolysis) is 1. The number of carbonyl (C=O) groups is 2. The number of hydrogen-bond acceptors (Lipinski definition) is 4. The fourth-order valence-electron chi connectivity index (χ4n) is 2.58. The van der Waals surface area contributed by atoms with Gasteiger partial charge in [-0.2, -0.15) is 5.26 Å². The Hall–Kier alpha value is -3.07. The first kappa shape index (κ1) is 20.2. The van der Waals surface area contributed by atoms with E-state index in [0.29, 0.717) is 6.42 Å². The summed E-state index contributed by atoms with van der Waals surface area (Å²) in [4.78, 5) is 24.6. The number of ether oxygens (including phenoxy) is 1. The van der Waals surface area contributed by atoms with Crippen LogP contribution in [0.4, 0.5) is 4.79 Å². The van der Waals surface area contributed by atoms with E-state index in [2.05, 4.69) is 10.6 Å². The number of nitrogens with zero attached hydrogens (tertiary/aromatic N) is 1. The zero-order valence-corrected chi connectivity index (χ0v) is 15.9. The minimum absolute atomic E-state index is 0.196. The third kappa shape index (κ3) is 6.30. The van der Waals surface area contributed by atoms with Crippen LogP contribution in [0.15, 0.2) is 42.5 Å². The first-order valence-corrected chi connectivity index (χ1v) is 9.00. The third-order valence-electron chi connectivity index (χ3n) is 3.96. The second-order valence-corrected chi connectivity index (χ2v) is 6.93. The van der Waals surface area contributed by atoms with Gasteiger partial charge in [0.1, 0.15) is 12.1 Å². The van der Waals surface area contributed by atoms with Crippen LogP contribution in [-0.2, 0) is 16.0 Å². The Morgan fingerprint density at radius 3 is 2.44 bits per heavy atom. The van der Waals surface area contributed by atoms with Crippen LogP contribution < -0.4 is 10.6 Å². The van der Waals surface area contributed by atoms with Crippen molar-refractivity contribution in [3.63, 3.8) is 0 Å². The molecule has 2 rings (SSSR count). The molecule has 0 aliphatic carbocycles. The molecule has 0 bridgehead atoms. The Labute approximate surface area is 159 Å². The van der Waals surface area contributed by atoms with Crippen molar-refractivity contribution in [2.24, 2.45) is 5.92 Å². The van der Waals surface area contributed by atoms with E-state index in [1.54, 1.807) is 6.92 Å². The summed E-state index contributed by atoms with van der Waals surface area (Å²) in [6, 6.07) is 14.3. The van der Waals surface area contributed by atoms with Crippen LogP contribution in [0.3, 0.4) is 0 Å². The predicted molar refractivity (Wildman–Crippen MR) is 104 cm³/mol. The third-order valence-corrected chi connectivity index (χ3v) is 3.96. The SMILES string of the molecule is CC(C)COC(=O)NC(Cc1ccc2ccccc2c1)C(=O)NC(C)C#N. The largest absolute Gasteiger partial charge is 0.449 e. The topological polar surface area (TPSA) is 91.2 Å². The van der Waals surface area contributed by atoms with Gasteiger partial charge in [-0.25, -0.2) is 4.79 Å². The van der Waals surface area contributed by atoms with Crippen molar-refractivity contribution in [2.75, 3.05) is 6.61 Å². The van der Waals surface area contributed by atoms with Gasteiger partial charge >= 0.3 is 6.09 Å². The van der Waals surface area contributed by atoms with Gasteiger partial charge < -0.3 is 15.4 Å². The highest BCUT2D eigenvalue weighted by Crippen LogP contribution is 2.17. The molecule has 2 unspecified atom stereocenters. The minimum atomic E-state index is -0.832. The fourth-order valence-corrected chi connectivity index (χ4v) is 2.58. The maximum absolute atomic E-state index is 12.5. The number of nitrogens with one attached hydrogen (secondary N) is 2. The lowest BCUT2D eigenvalue weighted by Crippen LogP contribution is -2.50. The Bertz CT molecular complexity index is 842. The number of amides is 2. The number of carbonyl (C=O) groups excluding carboxylic acids is 2. The summed E-state index contributed by atoms with van der Waals surface area (Å²) in [6.45, 7) is 5.72. The maximum atomic E-state index is 12.5. The van der Waals surface area contributed by atoms with Crippen LogP contribution >= 0.6 is 0 Å². The molecule has 2 N–H and O–H groups in total. The summed E-state index contributed by atoms with van der Waals surface area (Å²) in [5.41, 5.74) is 0.905. The smallest absolute Gasteiger partial charge is 0.407 e. The van der Waals surface area contributed by atoms with Gasteiger partial charge in [0.15, 0.2) is 0 Å². The first-order valence-electron chi connectivity index (χ1n) is 9.00. The van der Waals surface area contributed by atoms with E-state index >= 15 is 0 Å². The number of fused-ring (bicyclic) bond motifs is 1. The van der Waals surface area contributed by atoms with E-state index in [4.69, 9.17) is 10.00 Å². The molecule has 6 nitrogen and oxygen atoms in total. The Morgan fingerprint density at radius 1 is 1.07 bits per heavy atom. The minimum Gasteiger partial charge on any atom is -0.449 e. The van der Waals surface area contributed by atoms with Gasteiger partial charge in [-0.3, -0.25) is 4.79 Å². The summed E-state index contributed by atoms with van der Waals surface area (Å²) < 4.78 is 5.13. The van der Waals surface area contributed by atoms with Crippen LogP contribution in [0.2, 0.25) is 0 Å². The van der Waals surface area contributed by atoms with Crippen molar-refractivity contribution in [1.82, 2.24) is 10.6 Å². The van der Waals surface area contributed by atoms with Gasteiger partial charge in [0.25, 0.3) is 0 Å². The van der Waals surface area contributed by atoms with Gasteiger partial charge in [0.2, 0.25) is 5.91 Å². The molecule has 2 aromatic rings. The highest BCUT2D eigenvalue weighted by molar-refractivity contribution is 5.87. The molecule has 142 valence electrons. The summed E-state index contributed by atoms with van der Waals surface area (Å²) >= 11 is 0. The summed E-state index contributed by atoms with van der Waals surface area (Å²) in [5, 5.41) is 16.3. The lowest BCUT2D eigenvalue weighted by molar-refractivity contribution is -0.123. The van der Waals surface area contributed by atoms with Gasteiger partial charge in [0, 0.05) is 6.42 Å². The highest BCUT2D eigenvalue weighted by atomic mass is 16.5. The molecule has 2 amide bonds. The van der Waals surface area contributed by atoms with Gasteiger partial charge in [-0.1, -0.05) is 56.3 Å². The molecule has 27 heavy (non-hydrogen) atoms. The Morgan fingerprint density at radius 2 is 1.78 bits per heavy atom. The van der Waals surface area contributed by atoms with Crippen LogP contribution in [0, 0.1) is 17.2 Å². The molecule has 0 aromatic heterocycles. The molecule has 0 heterocycles. The molecular formula is C21H25N3O3. The van der Waals surface area contributed by atoms with Crippen molar-refractivity contribution in [3.05, 3.63) is 48.0 Å². The van der Waals surface area contributed by atoms with Crippen LogP contribution in [0.1, 0.15) is 26.3 Å². The summed E-state index contributed by atoms with van der Waals surface area (Å²) in [7, 11) is 0.